The lowest BCUT2D eigenvalue weighted by atomic mass is 9.89. The number of phenols is 2. The number of phenolic OH excluding ortho intramolecular Hbond substituents is 2. The quantitative estimate of drug-likeness (QED) is 0.111. The van der Waals surface area contributed by atoms with E-state index in [1.807, 2.05) is 31.2 Å². The number of nitrogens with one attached hydrogen (secondary N) is 1. The Balaban J connectivity index is 1.07. The first-order valence-corrected chi connectivity index (χ1v) is 24.7. The number of anilines is 1. The number of allylic oxidation sites excluding steroid dienone is 4. The number of benzene rings is 3. The zero-order chi connectivity index (χ0) is 49.2. The predicted molar refractivity (Wildman–Crippen MR) is 260 cm³/mol. The first-order valence-electron chi connectivity index (χ1n) is 24.7. The molecule has 6 heterocycles. The number of hydrogen-bond donors (Lipinski definition) is 4. The van der Waals surface area contributed by atoms with Gasteiger partial charge in [-0.1, -0.05) is 69.3 Å². The maximum atomic E-state index is 14.7. The van der Waals surface area contributed by atoms with Crippen molar-refractivity contribution in [1.29, 1.82) is 0 Å². The van der Waals surface area contributed by atoms with Gasteiger partial charge in [0.1, 0.15) is 35.1 Å². The predicted octanol–water partition coefficient (Wildman–Crippen LogP) is 7.19. The number of ketones is 1. The van der Waals surface area contributed by atoms with Crippen molar-refractivity contribution in [3.05, 3.63) is 93.9 Å². The Bertz CT molecular complexity index is 2700. The molecule has 3 aromatic rings. The smallest absolute Gasteiger partial charge is 0.315 e. The summed E-state index contributed by atoms with van der Waals surface area (Å²) in [4.78, 5) is 69.7. The maximum Gasteiger partial charge on any atom is 0.315 e. The van der Waals surface area contributed by atoms with E-state index in [1.54, 1.807) is 37.0 Å². The van der Waals surface area contributed by atoms with Crippen molar-refractivity contribution < 1.29 is 48.7 Å². The largest absolute Gasteiger partial charge is 0.507 e. The van der Waals surface area contributed by atoms with E-state index in [2.05, 4.69) is 36.2 Å². The van der Waals surface area contributed by atoms with Gasteiger partial charge in [-0.15, -0.1) is 0 Å². The Kier molecular flexibility index (Phi) is 14.7. The molecule has 4 N–H and O–H groups in total. The molecule has 0 radical (unpaired) electrons. The lowest BCUT2D eigenvalue weighted by Gasteiger charge is -2.36. The number of esters is 1. The Hall–Kier alpha value is -6.06. The van der Waals surface area contributed by atoms with Gasteiger partial charge in [-0.05, 0) is 81.8 Å². The van der Waals surface area contributed by atoms with Crippen molar-refractivity contribution in [2.75, 3.05) is 38.0 Å². The molecule has 0 saturated carbocycles. The van der Waals surface area contributed by atoms with E-state index in [0.717, 1.165) is 32.5 Å². The summed E-state index contributed by atoms with van der Waals surface area (Å²) in [5, 5.41) is 38.6. The van der Waals surface area contributed by atoms with Gasteiger partial charge in [0.15, 0.2) is 11.4 Å². The number of hydrogen-bond acceptors (Lipinski definition) is 13. The molecule has 5 bridgehead atoms. The summed E-state index contributed by atoms with van der Waals surface area (Å²) in [5.74, 6) is -3.83. The lowest BCUT2D eigenvalue weighted by Crippen LogP contribution is -2.43. The van der Waals surface area contributed by atoms with Crippen molar-refractivity contribution in [3.63, 3.8) is 0 Å². The number of piperidine rings is 2. The van der Waals surface area contributed by atoms with Crippen LogP contribution in [0.15, 0.2) is 76.5 Å². The first kappa shape index (κ1) is 49.4. The molecule has 0 aliphatic carbocycles. The molecule has 2 fully saturated rings. The Morgan fingerprint density at radius 1 is 0.942 bits per heavy atom. The molecule has 9 rings (SSSR count). The van der Waals surface area contributed by atoms with Gasteiger partial charge >= 0.3 is 11.8 Å². The summed E-state index contributed by atoms with van der Waals surface area (Å²) in [6.45, 7) is 14.5. The molecular weight excluding hydrogens is 879 g/mol. The highest BCUT2D eigenvalue weighted by Crippen LogP contribution is 2.50. The van der Waals surface area contributed by atoms with E-state index in [9.17, 15) is 34.5 Å². The number of fused-ring (bicyclic) bond motifs is 13. The molecule has 1 spiro atoms. The van der Waals surface area contributed by atoms with Crippen LogP contribution in [-0.4, -0.2) is 105 Å². The number of likely N-dealkylation sites (tertiary alicyclic amines) is 2. The monoisotopic (exact) mass is 945 g/mol. The SMILES string of the molecule is C/C1=C/C=C/C(C)CCC(O)C[C@H](OC(=O)CC(=O)N2CCC(c3ccccc3)CC2)CC/C=C/OC2(C)Oc3c(C)c(O)c4c(O)c(c5c(c4c3C2=O)=NC2(CCN(CC(C)C)CC2)N=5)NC1=O. The zero-order valence-corrected chi connectivity index (χ0v) is 40.8. The third-order valence-electron chi connectivity index (χ3n) is 14.3. The Labute approximate surface area is 403 Å². The zero-order valence-electron chi connectivity index (χ0n) is 40.8. The number of nitrogens with zero attached hydrogens (tertiary/aromatic N) is 4. The molecule has 4 atom stereocenters. The van der Waals surface area contributed by atoms with Crippen molar-refractivity contribution in [2.24, 2.45) is 21.8 Å². The Morgan fingerprint density at radius 3 is 2.36 bits per heavy atom. The average molecular weight is 946 g/mol. The number of carbonyl (C=O) groups excluding carboxylic acids is 4. The summed E-state index contributed by atoms with van der Waals surface area (Å²) >= 11 is 0. The molecule has 2 amide bonds. The first-order chi connectivity index (χ1) is 33.0. The van der Waals surface area contributed by atoms with Crippen LogP contribution >= 0.6 is 0 Å². The molecule has 6 aliphatic heterocycles. The Morgan fingerprint density at radius 2 is 1.65 bits per heavy atom. The summed E-state index contributed by atoms with van der Waals surface area (Å²) in [7, 11) is 0. The molecule has 3 unspecified atom stereocenters. The second-order valence-electron chi connectivity index (χ2n) is 20.2. The van der Waals surface area contributed by atoms with Crippen molar-refractivity contribution in [1.82, 2.24) is 9.80 Å². The number of carbonyl (C=O) groups is 4. The topological polar surface area (TPSA) is 200 Å². The van der Waals surface area contributed by atoms with Crippen LogP contribution in [-0.2, 0) is 23.9 Å². The van der Waals surface area contributed by atoms with Crippen LogP contribution in [0.4, 0.5) is 5.69 Å². The van der Waals surface area contributed by atoms with Crippen LogP contribution in [0.25, 0.3) is 10.8 Å². The minimum Gasteiger partial charge on any atom is -0.507 e. The number of amides is 2. The second kappa shape index (κ2) is 20.5. The summed E-state index contributed by atoms with van der Waals surface area (Å²) in [6, 6.07) is 10.2. The van der Waals surface area contributed by atoms with E-state index in [0.29, 0.717) is 69.0 Å². The summed E-state index contributed by atoms with van der Waals surface area (Å²) in [5.41, 5.74) is 0.872. The van der Waals surface area contributed by atoms with Crippen LogP contribution in [0.2, 0.25) is 0 Å². The number of aliphatic hydroxyl groups excluding tert-OH is 1. The van der Waals surface area contributed by atoms with Crippen LogP contribution in [0, 0.1) is 18.8 Å². The molecular formula is C54H67N5O10. The molecule has 6 aliphatic rings. The minimum absolute atomic E-state index is 0.0115. The molecule has 69 heavy (non-hydrogen) atoms. The number of ether oxygens (including phenoxy) is 3. The van der Waals surface area contributed by atoms with E-state index in [1.165, 1.54) is 18.7 Å². The molecule has 368 valence electrons. The van der Waals surface area contributed by atoms with E-state index in [-0.39, 0.29) is 68.0 Å². The van der Waals surface area contributed by atoms with Crippen LogP contribution in [0.3, 0.4) is 0 Å². The van der Waals surface area contributed by atoms with E-state index in [4.69, 9.17) is 24.2 Å². The fourth-order valence-corrected chi connectivity index (χ4v) is 10.3. The van der Waals surface area contributed by atoms with Gasteiger partial charge in [0.25, 0.3) is 11.7 Å². The highest BCUT2D eigenvalue weighted by molar-refractivity contribution is 6.19. The van der Waals surface area contributed by atoms with Crippen LogP contribution in [0.5, 0.6) is 17.2 Å². The third-order valence-corrected chi connectivity index (χ3v) is 14.3. The summed E-state index contributed by atoms with van der Waals surface area (Å²) in [6.07, 6.45) is 10.9. The van der Waals surface area contributed by atoms with Crippen molar-refractivity contribution in [3.8, 4) is 17.2 Å². The molecule has 2 saturated heterocycles. The van der Waals surface area contributed by atoms with E-state index >= 15 is 0 Å². The van der Waals surface area contributed by atoms with E-state index < -0.39 is 53.5 Å². The number of rotatable bonds is 6. The fourth-order valence-electron chi connectivity index (χ4n) is 10.3. The van der Waals surface area contributed by atoms with Crippen LogP contribution in [0.1, 0.15) is 126 Å². The van der Waals surface area contributed by atoms with Crippen molar-refractivity contribution >= 4 is 40.0 Å². The second-order valence-corrected chi connectivity index (χ2v) is 20.2. The molecule has 15 nitrogen and oxygen atoms in total. The highest BCUT2D eigenvalue weighted by atomic mass is 16.7. The van der Waals surface area contributed by atoms with Crippen molar-refractivity contribution in [2.45, 2.75) is 135 Å². The molecule has 15 heteroatoms. The van der Waals surface area contributed by atoms with Gasteiger partial charge in [0, 0.05) is 75.4 Å². The number of Topliss-reactive ketones (excluding diaryl/α,β-unsaturated/α-hetero) is 1. The third kappa shape index (κ3) is 10.6. The minimum atomic E-state index is -1.90. The van der Waals surface area contributed by atoms with Gasteiger partial charge in [0.2, 0.25) is 5.91 Å². The normalized spacial score (nSPS) is 26.3. The number of aromatic hydroxyl groups is 2. The van der Waals surface area contributed by atoms with Gasteiger partial charge in [0.05, 0.1) is 28.7 Å². The van der Waals surface area contributed by atoms with Gasteiger partial charge in [-0.3, -0.25) is 29.2 Å². The lowest BCUT2D eigenvalue weighted by molar-refractivity contribution is -0.155. The standard InChI is InChI=1S/C54H67N5O10/c1-32(2)31-58-26-22-54(23-27-58)56-45-42-43-48(63)35(5)50-44(42)51(65)53(6,69-50)67-28-11-10-17-39(68-41(62)30-40(61)59-24-20-37(21-25-59)36-15-8-7-9-16-36)29-38(60)19-18-33(3)13-12-14-34(4)52(66)55-47(49(43)64)46(45)57-54/h7-9,11-16,28,32-33,37-39,60,63-64H,10,17-27,29-31H2,1-6H3,(H,55,66)/b13-12+,28-11+,34-14-/t33?,38?,39-,53?/m1/s1. The number of aliphatic hydroxyl groups is 1. The maximum absolute atomic E-state index is 14.7. The molecule has 3 aromatic carbocycles. The highest BCUT2D eigenvalue weighted by Gasteiger charge is 2.50. The van der Waals surface area contributed by atoms with Gasteiger partial charge in [-0.25, -0.2) is 0 Å². The summed E-state index contributed by atoms with van der Waals surface area (Å²) < 4.78 is 18.3. The van der Waals surface area contributed by atoms with Gasteiger partial charge in [-0.2, -0.15) is 0 Å². The van der Waals surface area contributed by atoms with Gasteiger partial charge < -0.3 is 44.6 Å². The fraction of sp³-hybridized carbons (Fsp3) is 0.519. The van der Waals surface area contributed by atoms with Crippen LogP contribution < -0.4 is 20.8 Å². The molecule has 0 aromatic heterocycles. The average Bonchev–Trinajstić information content (AvgIpc) is 3.82.